The molecule has 0 aliphatic carbocycles. The molecule has 3 unspecified atom stereocenters. The molecule has 2 aromatic rings. The number of hydrogen-bond acceptors (Lipinski definition) is 7. The molecule has 0 spiro atoms. The fourth-order valence-corrected chi connectivity index (χ4v) is 5.51. The van der Waals surface area contributed by atoms with E-state index < -0.39 is 41.3 Å². The standard InChI is InChI=1S/C32H43N5O6/c1-5-22-8-9-23-19-33-25(18-24(23)17-22)10-11-32(12-15-43-16-13-32)31(42)35-27(20(2)3)28(38)34-21(4)29(39)37-14-6-7-26(36-37)30(40)41/h8-11,17-21,26-27,36H,5-7,12-16H2,1-4H3,(H,34,38)(H,35,42)(H,40,41)/b11-10+. The first kappa shape index (κ1) is 32.1. The lowest BCUT2D eigenvalue weighted by Gasteiger charge is -2.36. The lowest BCUT2D eigenvalue weighted by atomic mass is 9.78. The van der Waals surface area contributed by atoms with Crippen LogP contribution in [0.2, 0.25) is 0 Å². The van der Waals surface area contributed by atoms with Crippen LogP contribution in [0.5, 0.6) is 0 Å². The Morgan fingerprint density at radius 3 is 2.56 bits per heavy atom. The van der Waals surface area contributed by atoms with E-state index in [-0.39, 0.29) is 11.8 Å². The molecular formula is C32H43N5O6. The number of pyridine rings is 1. The highest BCUT2D eigenvalue weighted by atomic mass is 16.5. The quantitative estimate of drug-likeness (QED) is 0.329. The Balaban J connectivity index is 1.47. The third kappa shape index (κ3) is 7.77. The molecule has 11 nitrogen and oxygen atoms in total. The number of hydrogen-bond donors (Lipinski definition) is 4. The number of aromatic nitrogens is 1. The van der Waals surface area contributed by atoms with Crippen LogP contribution in [0.25, 0.3) is 16.8 Å². The first-order valence-electron chi connectivity index (χ1n) is 15.1. The second-order valence-electron chi connectivity index (χ2n) is 11.8. The lowest BCUT2D eigenvalue weighted by molar-refractivity contribution is -0.148. The molecular weight excluding hydrogens is 550 g/mol. The Bertz CT molecular complexity index is 1370. The van der Waals surface area contributed by atoms with Gasteiger partial charge >= 0.3 is 5.97 Å². The number of carboxylic acid groups (broad SMARTS) is 1. The van der Waals surface area contributed by atoms with Gasteiger partial charge in [-0.2, -0.15) is 0 Å². The number of rotatable bonds is 10. The molecule has 0 saturated carbocycles. The van der Waals surface area contributed by atoms with Crippen LogP contribution in [0, 0.1) is 11.3 Å². The first-order valence-corrected chi connectivity index (χ1v) is 15.1. The van der Waals surface area contributed by atoms with Gasteiger partial charge in [0.25, 0.3) is 5.91 Å². The van der Waals surface area contributed by atoms with Crippen LogP contribution >= 0.6 is 0 Å². The summed E-state index contributed by atoms with van der Waals surface area (Å²) in [5.74, 6) is -2.49. The molecule has 1 aromatic carbocycles. The number of carboxylic acids is 1. The molecule has 232 valence electrons. The van der Waals surface area contributed by atoms with E-state index in [0.29, 0.717) is 45.4 Å². The van der Waals surface area contributed by atoms with Crippen molar-refractivity contribution in [1.29, 1.82) is 0 Å². The van der Waals surface area contributed by atoms with Crippen molar-refractivity contribution in [3.05, 3.63) is 47.8 Å². The molecule has 4 N–H and O–H groups in total. The number of hydrazine groups is 1. The lowest BCUT2D eigenvalue weighted by Crippen LogP contribution is -2.61. The number of carbonyl (C=O) groups excluding carboxylic acids is 3. The molecule has 3 atom stereocenters. The average Bonchev–Trinajstić information content (AvgIpc) is 3.01. The topological polar surface area (TPSA) is 150 Å². The van der Waals surface area contributed by atoms with Crippen molar-refractivity contribution in [2.75, 3.05) is 19.8 Å². The number of carbonyl (C=O) groups is 4. The Morgan fingerprint density at radius 2 is 1.88 bits per heavy atom. The number of aryl methyl sites for hydroxylation is 1. The summed E-state index contributed by atoms with van der Waals surface area (Å²) in [5, 5.41) is 18.4. The highest BCUT2D eigenvalue weighted by Gasteiger charge is 2.40. The minimum absolute atomic E-state index is 0.258. The summed E-state index contributed by atoms with van der Waals surface area (Å²) in [4.78, 5) is 56.2. The summed E-state index contributed by atoms with van der Waals surface area (Å²) in [6, 6.07) is 5.65. The van der Waals surface area contributed by atoms with Crippen LogP contribution in [0.3, 0.4) is 0 Å². The van der Waals surface area contributed by atoms with E-state index in [2.05, 4.69) is 46.2 Å². The van der Waals surface area contributed by atoms with Crippen LogP contribution in [0.1, 0.15) is 64.6 Å². The highest BCUT2D eigenvalue weighted by Crippen LogP contribution is 2.34. The monoisotopic (exact) mass is 593 g/mol. The van der Waals surface area contributed by atoms with Gasteiger partial charge in [0.05, 0.1) is 11.1 Å². The predicted molar refractivity (Wildman–Crippen MR) is 163 cm³/mol. The predicted octanol–water partition coefficient (Wildman–Crippen LogP) is 2.83. The largest absolute Gasteiger partial charge is 0.480 e. The fourth-order valence-electron chi connectivity index (χ4n) is 5.51. The maximum Gasteiger partial charge on any atom is 0.322 e. The van der Waals surface area contributed by atoms with Gasteiger partial charge in [0.15, 0.2) is 0 Å². The van der Waals surface area contributed by atoms with Crippen molar-refractivity contribution < 1.29 is 29.0 Å². The number of nitrogens with zero attached hydrogens (tertiary/aromatic N) is 2. The van der Waals surface area contributed by atoms with E-state index in [1.54, 1.807) is 6.92 Å². The maximum atomic E-state index is 13.9. The molecule has 2 saturated heterocycles. The second-order valence-corrected chi connectivity index (χ2v) is 11.8. The van der Waals surface area contributed by atoms with Crippen LogP contribution in [-0.4, -0.2) is 76.7 Å². The van der Waals surface area contributed by atoms with Crippen LogP contribution < -0.4 is 16.1 Å². The van der Waals surface area contributed by atoms with E-state index in [1.807, 2.05) is 38.3 Å². The summed E-state index contributed by atoms with van der Waals surface area (Å²) in [5.41, 5.74) is 3.80. The normalized spacial score (nSPS) is 20.1. The Labute approximate surface area is 252 Å². The van der Waals surface area contributed by atoms with Gasteiger partial charge in [0.2, 0.25) is 11.8 Å². The van der Waals surface area contributed by atoms with Gasteiger partial charge in [-0.25, -0.2) is 5.43 Å². The minimum Gasteiger partial charge on any atom is -0.480 e. The van der Waals surface area contributed by atoms with E-state index in [9.17, 15) is 24.3 Å². The molecule has 3 amide bonds. The zero-order valence-corrected chi connectivity index (χ0v) is 25.4. The van der Waals surface area contributed by atoms with Crippen LogP contribution in [0.15, 0.2) is 36.5 Å². The number of fused-ring (bicyclic) bond motifs is 1. The van der Waals surface area contributed by atoms with E-state index in [1.165, 1.54) is 10.6 Å². The molecule has 43 heavy (non-hydrogen) atoms. The highest BCUT2D eigenvalue weighted by molar-refractivity contribution is 5.94. The average molecular weight is 594 g/mol. The molecule has 2 aliphatic rings. The summed E-state index contributed by atoms with van der Waals surface area (Å²) >= 11 is 0. The van der Waals surface area contributed by atoms with Crippen molar-refractivity contribution in [2.45, 2.75) is 77.9 Å². The number of ether oxygens (including phenoxy) is 1. The van der Waals surface area contributed by atoms with Crippen molar-refractivity contribution >= 4 is 40.5 Å². The first-order chi connectivity index (χ1) is 20.5. The Kier molecular flexibility index (Phi) is 10.5. The SMILES string of the molecule is CCc1ccc2cnc(/C=C/C3(C(=O)NC(C(=O)NC(C)C(=O)N4CCCC(C(=O)O)N4)C(C)C)CCOCC3)cc2c1. The zero-order chi connectivity index (χ0) is 31.1. The van der Waals surface area contributed by atoms with Gasteiger partial charge in [-0.1, -0.05) is 45.0 Å². The Morgan fingerprint density at radius 1 is 1.14 bits per heavy atom. The molecule has 4 rings (SSSR count). The molecule has 1 aromatic heterocycles. The smallest absolute Gasteiger partial charge is 0.322 e. The zero-order valence-electron chi connectivity index (χ0n) is 25.4. The van der Waals surface area contributed by atoms with Crippen LogP contribution in [-0.2, 0) is 30.3 Å². The number of benzene rings is 1. The number of nitrogens with one attached hydrogen (secondary N) is 3. The summed E-state index contributed by atoms with van der Waals surface area (Å²) in [6.07, 6.45) is 8.37. The van der Waals surface area contributed by atoms with E-state index in [4.69, 9.17) is 4.74 Å². The molecule has 0 bridgehead atoms. The van der Waals surface area contributed by atoms with Crippen LogP contribution in [0.4, 0.5) is 0 Å². The molecule has 11 heteroatoms. The van der Waals surface area contributed by atoms with E-state index >= 15 is 0 Å². The third-order valence-electron chi connectivity index (χ3n) is 8.34. The maximum absolute atomic E-state index is 13.9. The molecule has 3 heterocycles. The van der Waals surface area contributed by atoms with E-state index in [0.717, 1.165) is 22.9 Å². The Hall–Kier alpha value is -3.83. The summed E-state index contributed by atoms with van der Waals surface area (Å²) in [7, 11) is 0. The van der Waals surface area contributed by atoms with Gasteiger partial charge < -0.3 is 20.5 Å². The van der Waals surface area contributed by atoms with Gasteiger partial charge in [-0.15, -0.1) is 0 Å². The van der Waals surface area contributed by atoms with Gasteiger partial charge in [-0.05, 0) is 68.0 Å². The second kappa shape index (κ2) is 14.1. The minimum atomic E-state index is -1.03. The third-order valence-corrected chi connectivity index (χ3v) is 8.34. The molecule has 2 fully saturated rings. The summed E-state index contributed by atoms with van der Waals surface area (Å²) < 4.78 is 5.58. The molecule has 2 aliphatic heterocycles. The van der Waals surface area contributed by atoms with Crippen molar-refractivity contribution in [3.8, 4) is 0 Å². The van der Waals surface area contributed by atoms with Gasteiger partial charge in [0, 0.05) is 31.3 Å². The van der Waals surface area contributed by atoms with Gasteiger partial charge in [0.1, 0.15) is 18.1 Å². The van der Waals surface area contributed by atoms with Gasteiger partial charge in [-0.3, -0.25) is 29.2 Å². The van der Waals surface area contributed by atoms with Crippen molar-refractivity contribution in [1.82, 2.24) is 26.1 Å². The van der Waals surface area contributed by atoms with Crippen molar-refractivity contribution in [3.63, 3.8) is 0 Å². The van der Waals surface area contributed by atoms with Crippen molar-refractivity contribution in [2.24, 2.45) is 11.3 Å². The molecule has 0 radical (unpaired) electrons. The fraction of sp³-hybridized carbons (Fsp3) is 0.531. The number of amides is 3. The summed E-state index contributed by atoms with van der Waals surface area (Å²) in [6.45, 7) is 8.49. The number of aliphatic carboxylic acids is 1.